The molecule has 3 N–H and O–H groups in total. The average molecular weight is 200 g/mol. The van der Waals surface area contributed by atoms with Gasteiger partial charge in [-0.25, -0.2) is 0 Å². The van der Waals surface area contributed by atoms with Crippen LogP contribution in [0.2, 0.25) is 0 Å². The summed E-state index contributed by atoms with van der Waals surface area (Å²) in [5.74, 6) is -0.462. The van der Waals surface area contributed by atoms with Gasteiger partial charge in [0.15, 0.2) is 0 Å². The highest BCUT2D eigenvalue weighted by Gasteiger charge is 2.32. The van der Waals surface area contributed by atoms with E-state index in [2.05, 4.69) is 5.32 Å². The second-order valence-electron chi connectivity index (χ2n) is 3.33. The van der Waals surface area contributed by atoms with E-state index in [0.717, 1.165) is 0 Å². The summed E-state index contributed by atoms with van der Waals surface area (Å²) in [4.78, 5) is 11.5. The van der Waals surface area contributed by atoms with Crippen molar-refractivity contribution in [3.8, 4) is 6.07 Å². The van der Waals surface area contributed by atoms with E-state index in [9.17, 15) is 4.79 Å². The minimum absolute atomic E-state index is 0.340. The first-order valence-electron chi connectivity index (χ1n) is 4.48. The Hall–Kier alpha value is -1.12. The molecule has 0 saturated heterocycles. The number of hydrogen-bond acceptors (Lipinski definition) is 4. The Kier molecular flexibility index (Phi) is 5.13. The summed E-state index contributed by atoms with van der Waals surface area (Å²) in [5.41, 5.74) is -1.09. The molecule has 0 heterocycles. The predicted molar refractivity (Wildman–Crippen MR) is 50.1 cm³/mol. The number of carbonyl (C=O) groups is 1. The lowest BCUT2D eigenvalue weighted by Crippen LogP contribution is -2.46. The number of rotatable bonds is 5. The summed E-state index contributed by atoms with van der Waals surface area (Å²) in [6, 6.07) is 1.21. The highest BCUT2D eigenvalue weighted by Crippen LogP contribution is 2.19. The second-order valence-corrected chi connectivity index (χ2v) is 3.33. The van der Waals surface area contributed by atoms with Crippen molar-refractivity contribution in [3.63, 3.8) is 0 Å². The van der Waals surface area contributed by atoms with Crippen LogP contribution in [-0.2, 0) is 4.79 Å². The van der Waals surface area contributed by atoms with Crippen LogP contribution in [0.1, 0.15) is 20.3 Å². The summed E-state index contributed by atoms with van der Waals surface area (Å²) in [6.07, 6.45) is 0.388. The molecular formula is C9H16N2O3. The monoisotopic (exact) mass is 200 g/mol. The SMILES string of the molecule is CCC(C)(C#N)C(=O)NC(CO)CO. The van der Waals surface area contributed by atoms with E-state index in [1.165, 1.54) is 6.92 Å². The van der Waals surface area contributed by atoms with Gasteiger partial charge >= 0.3 is 0 Å². The minimum atomic E-state index is -1.09. The number of nitrogens with one attached hydrogen (secondary N) is 1. The molecule has 0 spiro atoms. The number of aliphatic hydroxyl groups excluding tert-OH is 2. The maximum absolute atomic E-state index is 11.5. The summed E-state index contributed by atoms with van der Waals surface area (Å²) in [6.45, 7) is 2.57. The second kappa shape index (κ2) is 5.58. The van der Waals surface area contributed by atoms with E-state index in [1.807, 2.05) is 6.07 Å². The van der Waals surface area contributed by atoms with Gasteiger partial charge in [0.05, 0.1) is 25.3 Å². The van der Waals surface area contributed by atoms with Crippen molar-refractivity contribution >= 4 is 5.91 Å². The molecule has 0 aliphatic carbocycles. The Morgan fingerprint density at radius 1 is 1.57 bits per heavy atom. The Bertz CT molecular complexity index is 233. The third kappa shape index (κ3) is 2.98. The van der Waals surface area contributed by atoms with Crippen LogP contribution in [0.15, 0.2) is 0 Å². The summed E-state index contributed by atoms with van der Waals surface area (Å²) in [7, 11) is 0. The molecule has 0 aromatic rings. The maximum Gasteiger partial charge on any atom is 0.240 e. The van der Waals surface area contributed by atoms with Gasteiger partial charge in [0, 0.05) is 0 Å². The van der Waals surface area contributed by atoms with Crippen LogP contribution in [0.4, 0.5) is 0 Å². The molecule has 5 heteroatoms. The van der Waals surface area contributed by atoms with Crippen LogP contribution in [-0.4, -0.2) is 35.4 Å². The average Bonchev–Trinajstić information content (AvgIpc) is 2.24. The van der Waals surface area contributed by atoms with Gasteiger partial charge in [-0.2, -0.15) is 5.26 Å². The third-order valence-electron chi connectivity index (χ3n) is 2.23. The van der Waals surface area contributed by atoms with Gasteiger partial charge in [-0.1, -0.05) is 6.92 Å². The first kappa shape index (κ1) is 12.9. The van der Waals surface area contributed by atoms with E-state index in [-0.39, 0.29) is 13.2 Å². The van der Waals surface area contributed by atoms with Gasteiger partial charge in [0.25, 0.3) is 0 Å². The van der Waals surface area contributed by atoms with E-state index in [0.29, 0.717) is 6.42 Å². The van der Waals surface area contributed by atoms with Crippen molar-refractivity contribution < 1.29 is 15.0 Å². The molecule has 80 valence electrons. The number of nitrogens with zero attached hydrogens (tertiary/aromatic N) is 1. The number of amides is 1. The van der Waals surface area contributed by atoms with Crippen LogP contribution in [0.3, 0.4) is 0 Å². The van der Waals surface area contributed by atoms with Gasteiger partial charge in [-0.15, -0.1) is 0 Å². The molecule has 0 radical (unpaired) electrons. The first-order chi connectivity index (χ1) is 6.53. The zero-order valence-electron chi connectivity index (χ0n) is 8.45. The van der Waals surface area contributed by atoms with Gasteiger partial charge < -0.3 is 15.5 Å². The quantitative estimate of drug-likeness (QED) is 0.552. The van der Waals surface area contributed by atoms with E-state index in [4.69, 9.17) is 15.5 Å². The molecule has 1 unspecified atom stereocenters. The molecule has 0 aliphatic heterocycles. The van der Waals surface area contributed by atoms with E-state index in [1.54, 1.807) is 6.92 Å². The fraction of sp³-hybridized carbons (Fsp3) is 0.778. The normalized spacial score (nSPS) is 14.6. The van der Waals surface area contributed by atoms with Crippen LogP contribution in [0.25, 0.3) is 0 Å². The largest absolute Gasteiger partial charge is 0.394 e. The summed E-state index contributed by atoms with van der Waals surface area (Å²) >= 11 is 0. The molecule has 0 rings (SSSR count). The smallest absolute Gasteiger partial charge is 0.240 e. The lowest BCUT2D eigenvalue weighted by Gasteiger charge is -2.22. The number of aliphatic hydroxyl groups is 2. The highest BCUT2D eigenvalue weighted by molar-refractivity contribution is 5.85. The molecule has 0 saturated carbocycles. The highest BCUT2D eigenvalue weighted by atomic mass is 16.3. The van der Waals surface area contributed by atoms with Gasteiger partial charge in [0.1, 0.15) is 5.41 Å². The summed E-state index contributed by atoms with van der Waals surface area (Å²) in [5, 5.41) is 28.6. The Morgan fingerprint density at radius 3 is 2.36 bits per heavy atom. The fourth-order valence-corrected chi connectivity index (χ4v) is 0.784. The molecule has 14 heavy (non-hydrogen) atoms. The van der Waals surface area contributed by atoms with Crippen molar-refractivity contribution in [1.29, 1.82) is 5.26 Å². The minimum Gasteiger partial charge on any atom is -0.394 e. The van der Waals surface area contributed by atoms with Crippen LogP contribution in [0, 0.1) is 16.7 Å². The molecule has 0 aromatic heterocycles. The Labute approximate surface area is 83.4 Å². The fourth-order valence-electron chi connectivity index (χ4n) is 0.784. The lowest BCUT2D eigenvalue weighted by molar-refractivity contribution is -0.129. The zero-order valence-corrected chi connectivity index (χ0v) is 8.45. The molecule has 1 amide bonds. The van der Waals surface area contributed by atoms with E-state index < -0.39 is 17.4 Å². The standard InChI is InChI=1S/C9H16N2O3/c1-3-9(2,6-10)8(14)11-7(4-12)5-13/h7,12-13H,3-5H2,1-2H3,(H,11,14). The van der Waals surface area contributed by atoms with Gasteiger partial charge in [-0.05, 0) is 13.3 Å². The third-order valence-corrected chi connectivity index (χ3v) is 2.23. The molecule has 0 bridgehead atoms. The predicted octanol–water partition coefficient (Wildman–Crippen LogP) is -0.604. The van der Waals surface area contributed by atoms with Crippen LogP contribution in [0.5, 0.6) is 0 Å². The molecule has 0 aromatic carbocycles. The first-order valence-corrected chi connectivity index (χ1v) is 4.48. The van der Waals surface area contributed by atoms with Gasteiger partial charge in [-0.3, -0.25) is 4.79 Å². The topological polar surface area (TPSA) is 93.4 Å². The molecule has 0 aliphatic rings. The van der Waals surface area contributed by atoms with Crippen molar-refractivity contribution in [2.24, 2.45) is 5.41 Å². The molecular weight excluding hydrogens is 184 g/mol. The van der Waals surface area contributed by atoms with Crippen LogP contribution >= 0.6 is 0 Å². The summed E-state index contributed by atoms with van der Waals surface area (Å²) < 4.78 is 0. The number of carbonyl (C=O) groups excluding carboxylic acids is 1. The lowest BCUT2D eigenvalue weighted by atomic mass is 9.88. The Balaban J connectivity index is 4.40. The number of hydrogen-bond donors (Lipinski definition) is 3. The van der Waals surface area contributed by atoms with Crippen LogP contribution < -0.4 is 5.32 Å². The Morgan fingerprint density at radius 2 is 2.07 bits per heavy atom. The van der Waals surface area contributed by atoms with Crippen molar-refractivity contribution in [3.05, 3.63) is 0 Å². The molecule has 1 atom stereocenters. The van der Waals surface area contributed by atoms with Crippen molar-refractivity contribution in [1.82, 2.24) is 5.32 Å². The van der Waals surface area contributed by atoms with Crippen molar-refractivity contribution in [2.45, 2.75) is 26.3 Å². The van der Waals surface area contributed by atoms with Gasteiger partial charge in [0.2, 0.25) is 5.91 Å². The van der Waals surface area contributed by atoms with E-state index >= 15 is 0 Å². The zero-order chi connectivity index (χ0) is 11.2. The molecule has 0 fully saturated rings. The number of nitriles is 1. The van der Waals surface area contributed by atoms with Crippen molar-refractivity contribution in [2.75, 3.05) is 13.2 Å². The molecule has 5 nitrogen and oxygen atoms in total. The maximum atomic E-state index is 11.5.